The Bertz CT molecular complexity index is 215. The molecule has 0 amide bonds. The van der Waals surface area contributed by atoms with E-state index >= 15 is 0 Å². The van der Waals surface area contributed by atoms with Gasteiger partial charge in [0.2, 0.25) is 0 Å². The van der Waals surface area contributed by atoms with Crippen LogP contribution in [0.15, 0.2) is 0 Å². The zero-order valence-electron chi connectivity index (χ0n) is 9.25. The standard InChI is InChI=1S/C11H20O2S/c1-4-9-5-6-11(7-12,8-14-13)10(9,2)3/h7,9,13H,4-6,8H2,1-3H3. The summed E-state index contributed by atoms with van der Waals surface area (Å²) < 4.78 is 8.97. The Labute approximate surface area is 90.7 Å². The molecular formula is C11H20O2S. The molecule has 1 aliphatic rings. The molecule has 0 aromatic carbocycles. The third kappa shape index (κ3) is 1.61. The van der Waals surface area contributed by atoms with Gasteiger partial charge in [0, 0.05) is 11.2 Å². The van der Waals surface area contributed by atoms with Crippen molar-refractivity contribution in [2.45, 2.75) is 40.0 Å². The molecule has 0 radical (unpaired) electrons. The van der Waals surface area contributed by atoms with Gasteiger partial charge in [-0.2, -0.15) is 0 Å². The van der Waals surface area contributed by atoms with E-state index in [-0.39, 0.29) is 10.8 Å². The van der Waals surface area contributed by atoms with Crippen LogP contribution in [0.4, 0.5) is 0 Å². The number of hydrogen-bond donors (Lipinski definition) is 1. The summed E-state index contributed by atoms with van der Waals surface area (Å²) >= 11 is 0.806. The van der Waals surface area contributed by atoms with Crippen LogP contribution in [0.2, 0.25) is 0 Å². The van der Waals surface area contributed by atoms with Gasteiger partial charge in [-0.15, -0.1) is 0 Å². The third-order valence-electron chi connectivity index (χ3n) is 4.28. The summed E-state index contributed by atoms with van der Waals surface area (Å²) in [5.74, 6) is 1.15. The summed E-state index contributed by atoms with van der Waals surface area (Å²) in [5.41, 5.74) is -0.285. The predicted octanol–water partition coefficient (Wildman–Crippen LogP) is 3.22. The number of aldehydes is 1. The van der Waals surface area contributed by atoms with Crippen LogP contribution in [0.3, 0.4) is 0 Å². The lowest BCUT2D eigenvalue weighted by molar-refractivity contribution is -0.120. The predicted molar refractivity (Wildman–Crippen MR) is 60.4 cm³/mol. The van der Waals surface area contributed by atoms with Gasteiger partial charge < -0.3 is 9.35 Å². The molecule has 1 fully saturated rings. The van der Waals surface area contributed by atoms with E-state index in [1.807, 2.05) is 0 Å². The van der Waals surface area contributed by atoms with Gasteiger partial charge in [0.1, 0.15) is 6.29 Å². The normalized spacial score (nSPS) is 35.9. The second-order valence-corrected chi connectivity index (χ2v) is 5.46. The molecule has 14 heavy (non-hydrogen) atoms. The van der Waals surface area contributed by atoms with E-state index in [0.29, 0.717) is 11.7 Å². The minimum Gasteiger partial charge on any atom is -0.330 e. The van der Waals surface area contributed by atoms with E-state index in [1.165, 1.54) is 0 Å². The Hall–Kier alpha value is -0.0200. The maximum absolute atomic E-state index is 11.3. The smallest absolute Gasteiger partial charge is 0.127 e. The van der Waals surface area contributed by atoms with Gasteiger partial charge in [0.15, 0.2) is 0 Å². The minimum absolute atomic E-state index is 0.0270. The SMILES string of the molecule is CCC1CCC(C=O)(CSO)C1(C)C. The van der Waals surface area contributed by atoms with Gasteiger partial charge in [0.05, 0.1) is 0 Å². The van der Waals surface area contributed by atoms with Crippen LogP contribution in [0, 0.1) is 16.7 Å². The lowest BCUT2D eigenvalue weighted by Crippen LogP contribution is -2.40. The summed E-state index contributed by atoms with van der Waals surface area (Å²) in [4.78, 5) is 11.3. The number of hydrogen-bond acceptors (Lipinski definition) is 3. The van der Waals surface area contributed by atoms with Crippen molar-refractivity contribution in [1.29, 1.82) is 0 Å². The molecular weight excluding hydrogens is 196 g/mol. The van der Waals surface area contributed by atoms with Gasteiger partial charge in [-0.1, -0.05) is 27.2 Å². The Morgan fingerprint density at radius 2 is 2.21 bits per heavy atom. The van der Waals surface area contributed by atoms with Crippen LogP contribution < -0.4 is 0 Å². The zero-order valence-corrected chi connectivity index (χ0v) is 10.1. The summed E-state index contributed by atoms with van der Waals surface area (Å²) in [5, 5.41) is 0. The summed E-state index contributed by atoms with van der Waals surface area (Å²) in [7, 11) is 0. The number of carbonyl (C=O) groups excluding carboxylic acids is 1. The fraction of sp³-hybridized carbons (Fsp3) is 0.909. The monoisotopic (exact) mass is 216 g/mol. The Morgan fingerprint density at radius 3 is 2.57 bits per heavy atom. The van der Waals surface area contributed by atoms with Crippen molar-refractivity contribution in [3.8, 4) is 0 Å². The van der Waals surface area contributed by atoms with Gasteiger partial charge in [-0.3, -0.25) is 0 Å². The first kappa shape index (κ1) is 12.1. The summed E-state index contributed by atoms with van der Waals surface area (Å²) in [6.07, 6.45) is 4.24. The topological polar surface area (TPSA) is 37.3 Å². The van der Waals surface area contributed by atoms with Crippen molar-refractivity contribution in [1.82, 2.24) is 0 Å². The molecule has 0 aromatic heterocycles. The Balaban J connectivity index is 2.93. The van der Waals surface area contributed by atoms with Crippen molar-refractivity contribution >= 4 is 18.3 Å². The maximum Gasteiger partial charge on any atom is 0.127 e. The van der Waals surface area contributed by atoms with Gasteiger partial charge in [-0.05, 0) is 36.2 Å². The van der Waals surface area contributed by atoms with E-state index in [0.717, 1.165) is 37.6 Å². The number of carbonyl (C=O) groups is 1. The highest BCUT2D eigenvalue weighted by Gasteiger charge is 2.53. The van der Waals surface area contributed by atoms with E-state index < -0.39 is 0 Å². The quantitative estimate of drug-likeness (QED) is 0.579. The van der Waals surface area contributed by atoms with E-state index in [9.17, 15) is 4.79 Å². The highest BCUT2D eigenvalue weighted by Crippen LogP contribution is 2.56. The minimum atomic E-state index is -0.312. The molecule has 0 heterocycles. The van der Waals surface area contributed by atoms with Crippen molar-refractivity contribution in [3.05, 3.63) is 0 Å². The van der Waals surface area contributed by atoms with Crippen molar-refractivity contribution in [3.63, 3.8) is 0 Å². The fourth-order valence-corrected chi connectivity index (χ4v) is 3.67. The van der Waals surface area contributed by atoms with Crippen molar-refractivity contribution in [2.24, 2.45) is 16.7 Å². The second kappa shape index (κ2) is 4.23. The lowest BCUT2D eigenvalue weighted by Gasteiger charge is -2.39. The van der Waals surface area contributed by atoms with E-state index in [1.54, 1.807) is 0 Å². The molecule has 0 aromatic rings. The highest BCUT2D eigenvalue weighted by atomic mass is 32.2. The average molecular weight is 216 g/mol. The molecule has 1 aliphatic carbocycles. The molecule has 0 bridgehead atoms. The van der Waals surface area contributed by atoms with E-state index in [4.69, 9.17) is 4.55 Å². The first-order chi connectivity index (χ1) is 6.54. The molecule has 1 N–H and O–H groups in total. The van der Waals surface area contributed by atoms with Gasteiger partial charge in [0.25, 0.3) is 0 Å². The number of rotatable bonds is 4. The first-order valence-corrected chi connectivity index (χ1v) is 6.21. The Kier molecular flexibility index (Phi) is 3.64. The molecule has 82 valence electrons. The molecule has 1 saturated carbocycles. The maximum atomic E-state index is 11.3. The molecule has 2 nitrogen and oxygen atoms in total. The first-order valence-electron chi connectivity index (χ1n) is 5.27. The van der Waals surface area contributed by atoms with Crippen molar-refractivity contribution < 1.29 is 9.35 Å². The molecule has 0 saturated heterocycles. The van der Waals surface area contributed by atoms with Gasteiger partial charge in [-0.25, -0.2) is 0 Å². The zero-order chi connectivity index (χ0) is 10.8. The molecule has 1 rings (SSSR count). The van der Waals surface area contributed by atoms with Crippen LogP contribution in [0.25, 0.3) is 0 Å². The van der Waals surface area contributed by atoms with Crippen LogP contribution in [0.1, 0.15) is 40.0 Å². The van der Waals surface area contributed by atoms with E-state index in [2.05, 4.69) is 20.8 Å². The van der Waals surface area contributed by atoms with Crippen LogP contribution in [-0.4, -0.2) is 16.6 Å². The average Bonchev–Trinajstić information content (AvgIpc) is 2.39. The fourth-order valence-electron chi connectivity index (χ4n) is 2.85. The van der Waals surface area contributed by atoms with Crippen LogP contribution in [-0.2, 0) is 4.79 Å². The van der Waals surface area contributed by atoms with Crippen LogP contribution >= 0.6 is 12.0 Å². The molecule has 3 heteroatoms. The summed E-state index contributed by atoms with van der Waals surface area (Å²) in [6.45, 7) is 6.51. The molecule has 0 aliphatic heterocycles. The largest absolute Gasteiger partial charge is 0.330 e. The second-order valence-electron chi connectivity index (χ2n) is 4.91. The molecule has 2 unspecified atom stereocenters. The lowest BCUT2D eigenvalue weighted by atomic mass is 9.66. The molecule has 0 spiro atoms. The highest BCUT2D eigenvalue weighted by molar-refractivity contribution is 7.93. The van der Waals surface area contributed by atoms with Crippen molar-refractivity contribution in [2.75, 3.05) is 5.75 Å². The molecule has 2 atom stereocenters. The van der Waals surface area contributed by atoms with Gasteiger partial charge >= 0.3 is 0 Å². The van der Waals surface area contributed by atoms with Crippen LogP contribution in [0.5, 0.6) is 0 Å². The summed E-state index contributed by atoms with van der Waals surface area (Å²) in [6, 6.07) is 0. The third-order valence-corrected chi connectivity index (χ3v) is 4.93. The Morgan fingerprint density at radius 1 is 1.57 bits per heavy atom.